The van der Waals surface area contributed by atoms with Gasteiger partial charge in [-0.1, -0.05) is 29.9 Å². The van der Waals surface area contributed by atoms with Crippen LogP contribution in [0.4, 0.5) is 5.69 Å². The number of hydrogen-bond acceptors (Lipinski definition) is 2. The second kappa shape index (κ2) is 4.62. The second-order valence-corrected chi connectivity index (χ2v) is 4.17. The Bertz CT molecular complexity index is 350. The molecule has 0 amide bonds. The fourth-order valence-corrected chi connectivity index (χ4v) is 1.76. The molecule has 0 unspecified atom stereocenters. The third kappa shape index (κ3) is 2.59. The third-order valence-electron chi connectivity index (χ3n) is 1.70. The van der Waals surface area contributed by atoms with Gasteiger partial charge in [0.05, 0.1) is 10.6 Å². The lowest BCUT2D eigenvalue weighted by atomic mass is 10.1. The van der Waals surface area contributed by atoms with Gasteiger partial charge in [-0.05, 0) is 26.0 Å². The van der Waals surface area contributed by atoms with E-state index in [4.69, 9.17) is 29.6 Å². The van der Waals surface area contributed by atoms with Crippen LogP contribution in [0.2, 0.25) is 5.02 Å². The second-order valence-electron chi connectivity index (χ2n) is 3.33. The van der Waals surface area contributed by atoms with Crippen molar-refractivity contribution in [1.29, 1.82) is 0 Å². The predicted octanol–water partition coefficient (Wildman–Crippen LogP) is 2.79. The molecule has 0 saturated heterocycles. The molecule has 0 radical (unpaired) electrons. The molecular weight excluding hydrogens is 216 g/mol. The number of benzene rings is 1. The van der Waals surface area contributed by atoms with Crippen LogP contribution in [0.1, 0.15) is 19.4 Å². The molecule has 0 aliphatic heterocycles. The summed E-state index contributed by atoms with van der Waals surface area (Å²) in [6.07, 6.45) is 0. The van der Waals surface area contributed by atoms with E-state index in [0.29, 0.717) is 16.1 Å². The zero-order valence-electron chi connectivity index (χ0n) is 8.17. The van der Waals surface area contributed by atoms with Crippen molar-refractivity contribution in [1.82, 2.24) is 0 Å². The summed E-state index contributed by atoms with van der Waals surface area (Å²) in [6.45, 7) is 4.09. The van der Waals surface area contributed by atoms with Crippen molar-refractivity contribution in [3.63, 3.8) is 0 Å². The Morgan fingerprint density at radius 3 is 2.64 bits per heavy atom. The summed E-state index contributed by atoms with van der Waals surface area (Å²) < 4.78 is 0. The minimum atomic E-state index is 0.318. The first-order valence-electron chi connectivity index (χ1n) is 4.37. The molecule has 1 aromatic carbocycles. The van der Waals surface area contributed by atoms with Gasteiger partial charge in [0.2, 0.25) is 0 Å². The minimum Gasteiger partial charge on any atom is -0.389 e. The quantitative estimate of drug-likeness (QED) is 0.782. The van der Waals surface area contributed by atoms with E-state index in [-0.39, 0.29) is 0 Å². The number of hydrogen-bond donors (Lipinski definition) is 2. The van der Waals surface area contributed by atoms with E-state index in [1.165, 1.54) is 0 Å². The van der Waals surface area contributed by atoms with E-state index < -0.39 is 0 Å². The molecule has 1 aromatic rings. The average molecular weight is 229 g/mol. The maximum absolute atomic E-state index is 6.00. The summed E-state index contributed by atoms with van der Waals surface area (Å²) in [5, 5.41) is 3.83. The van der Waals surface area contributed by atoms with Crippen molar-refractivity contribution in [3.8, 4) is 0 Å². The monoisotopic (exact) mass is 228 g/mol. The van der Waals surface area contributed by atoms with Crippen molar-refractivity contribution in [2.45, 2.75) is 19.9 Å². The molecule has 0 bridgehead atoms. The van der Waals surface area contributed by atoms with Gasteiger partial charge in [-0.15, -0.1) is 0 Å². The first kappa shape index (κ1) is 11.3. The molecule has 0 spiro atoms. The Kier molecular flexibility index (Phi) is 3.72. The first-order chi connectivity index (χ1) is 6.52. The molecule has 1 rings (SSSR count). The molecule has 0 aliphatic carbocycles. The zero-order chi connectivity index (χ0) is 10.7. The first-order valence-corrected chi connectivity index (χ1v) is 5.16. The largest absolute Gasteiger partial charge is 0.389 e. The van der Waals surface area contributed by atoms with Gasteiger partial charge < -0.3 is 11.1 Å². The smallest absolute Gasteiger partial charge is 0.107 e. The maximum atomic E-state index is 6.00. The number of nitrogens with two attached hydrogens (primary N) is 1. The normalized spacial score (nSPS) is 10.3. The van der Waals surface area contributed by atoms with Gasteiger partial charge in [-0.2, -0.15) is 0 Å². The number of nitrogens with one attached hydrogen (secondary N) is 1. The van der Waals surface area contributed by atoms with Crippen molar-refractivity contribution < 1.29 is 0 Å². The Morgan fingerprint density at radius 1 is 1.50 bits per heavy atom. The maximum Gasteiger partial charge on any atom is 0.107 e. The van der Waals surface area contributed by atoms with Crippen LogP contribution in [-0.2, 0) is 0 Å². The van der Waals surface area contributed by atoms with E-state index >= 15 is 0 Å². The van der Waals surface area contributed by atoms with Crippen molar-refractivity contribution in [2.75, 3.05) is 5.32 Å². The van der Waals surface area contributed by atoms with Crippen LogP contribution in [0.3, 0.4) is 0 Å². The van der Waals surface area contributed by atoms with E-state index in [2.05, 4.69) is 5.32 Å². The summed E-state index contributed by atoms with van der Waals surface area (Å²) in [6, 6.07) is 5.89. The van der Waals surface area contributed by atoms with E-state index in [1.54, 1.807) is 6.07 Å². The standard InChI is InChI=1S/C10H13ClN2S/c1-6(2)13-8-5-3-4-7(11)9(8)10(12)14/h3-6,13H,1-2H3,(H2,12,14). The van der Waals surface area contributed by atoms with Gasteiger partial charge >= 0.3 is 0 Å². The Morgan fingerprint density at radius 2 is 2.14 bits per heavy atom. The number of anilines is 1. The summed E-state index contributed by atoms with van der Waals surface area (Å²) in [5.41, 5.74) is 7.21. The number of halogens is 1. The third-order valence-corrected chi connectivity index (χ3v) is 2.22. The van der Waals surface area contributed by atoms with Gasteiger partial charge in [0, 0.05) is 11.7 Å². The highest BCUT2D eigenvalue weighted by atomic mass is 35.5. The molecule has 4 heteroatoms. The van der Waals surface area contributed by atoms with Gasteiger partial charge in [-0.3, -0.25) is 0 Å². The van der Waals surface area contributed by atoms with E-state index in [0.717, 1.165) is 11.3 Å². The Hall–Kier alpha value is -0.800. The highest BCUT2D eigenvalue weighted by molar-refractivity contribution is 7.80. The summed E-state index contributed by atoms with van der Waals surface area (Å²) in [5.74, 6) is 0. The molecule has 0 atom stereocenters. The Balaban J connectivity index is 3.14. The average Bonchev–Trinajstić information content (AvgIpc) is 2.01. The fourth-order valence-electron chi connectivity index (χ4n) is 1.21. The molecular formula is C10H13ClN2S. The molecule has 0 aromatic heterocycles. The van der Waals surface area contributed by atoms with Gasteiger partial charge in [0.1, 0.15) is 4.99 Å². The van der Waals surface area contributed by atoms with Gasteiger partial charge in [0.15, 0.2) is 0 Å². The van der Waals surface area contributed by atoms with Gasteiger partial charge in [-0.25, -0.2) is 0 Å². The van der Waals surface area contributed by atoms with E-state index in [1.807, 2.05) is 26.0 Å². The molecule has 76 valence electrons. The zero-order valence-corrected chi connectivity index (χ0v) is 9.75. The Labute approximate surface area is 94.4 Å². The fraction of sp³-hybridized carbons (Fsp3) is 0.300. The number of thiocarbonyl (C=S) groups is 1. The van der Waals surface area contributed by atoms with Crippen molar-refractivity contribution in [2.24, 2.45) is 5.73 Å². The highest BCUT2D eigenvalue weighted by Gasteiger charge is 2.09. The van der Waals surface area contributed by atoms with Crippen molar-refractivity contribution >= 4 is 34.5 Å². The lowest BCUT2D eigenvalue weighted by Crippen LogP contribution is -2.17. The minimum absolute atomic E-state index is 0.318. The molecule has 14 heavy (non-hydrogen) atoms. The number of rotatable bonds is 3. The molecule has 0 aliphatic rings. The molecule has 0 saturated carbocycles. The molecule has 3 N–H and O–H groups in total. The SMILES string of the molecule is CC(C)Nc1cccc(Cl)c1C(N)=S. The topological polar surface area (TPSA) is 38.0 Å². The van der Waals surface area contributed by atoms with Crippen LogP contribution in [0.5, 0.6) is 0 Å². The van der Waals surface area contributed by atoms with Crippen LogP contribution in [0, 0.1) is 0 Å². The molecule has 0 fully saturated rings. The van der Waals surface area contributed by atoms with Gasteiger partial charge in [0.25, 0.3) is 0 Å². The van der Waals surface area contributed by atoms with Crippen LogP contribution < -0.4 is 11.1 Å². The molecule has 0 heterocycles. The highest BCUT2D eigenvalue weighted by Crippen LogP contribution is 2.24. The van der Waals surface area contributed by atoms with Crippen LogP contribution in [0.15, 0.2) is 18.2 Å². The summed E-state index contributed by atoms with van der Waals surface area (Å²) in [7, 11) is 0. The van der Waals surface area contributed by atoms with Crippen LogP contribution in [-0.4, -0.2) is 11.0 Å². The summed E-state index contributed by atoms with van der Waals surface area (Å²) >= 11 is 10.9. The molecule has 2 nitrogen and oxygen atoms in total. The van der Waals surface area contributed by atoms with E-state index in [9.17, 15) is 0 Å². The van der Waals surface area contributed by atoms with Crippen LogP contribution >= 0.6 is 23.8 Å². The van der Waals surface area contributed by atoms with Crippen molar-refractivity contribution in [3.05, 3.63) is 28.8 Å². The van der Waals surface area contributed by atoms with Crippen LogP contribution in [0.25, 0.3) is 0 Å². The lowest BCUT2D eigenvalue weighted by molar-refractivity contribution is 0.899. The predicted molar refractivity (Wildman–Crippen MR) is 66.1 cm³/mol. The lowest BCUT2D eigenvalue weighted by Gasteiger charge is -2.14. The summed E-state index contributed by atoms with van der Waals surface area (Å²) in [4.78, 5) is 0.318.